The van der Waals surface area contributed by atoms with E-state index in [4.69, 9.17) is 36.3 Å². The van der Waals surface area contributed by atoms with Gasteiger partial charge in [0.05, 0.1) is 24.7 Å². The van der Waals surface area contributed by atoms with Crippen molar-refractivity contribution in [2.45, 2.75) is 39.0 Å². The molecule has 0 spiro atoms. The van der Waals surface area contributed by atoms with Crippen LogP contribution in [0.5, 0.6) is 23.0 Å². The van der Waals surface area contributed by atoms with Crippen molar-refractivity contribution in [1.82, 2.24) is 0 Å². The number of unbranched alkanes of at least 4 members (excludes halogenated alkanes) is 2. The summed E-state index contributed by atoms with van der Waals surface area (Å²) in [6.07, 6.45) is 3.16. The third-order valence-corrected chi connectivity index (χ3v) is 6.34. The van der Waals surface area contributed by atoms with E-state index in [0.717, 1.165) is 24.8 Å². The molecule has 1 aliphatic heterocycles. The van der Waals surface area contributed by atoms with Gasteiger partial charge in [-0.1, -0.05) is 43.5 Å². The lowest BCUT2D eigenvalue weighted by molar-refractivity contribution is 0.0734. The van der Waals surface area contributed by atoms with E-state index in [0.29, 0.717) is 46.6 Å². The lowest BCUT2D eigenvalue weighted by Gasteiger charge is -2.27. The highest BCUT2D eigenvalue weighted by Crippen LogP contribution is 2.45. The van der Waals surface area contributed by atoms with Crippen LogP contribution in [0.1, 0.15) is 60.5 Å². The molecule has 0 amide bonds. The van der Waals surface area contributed by atoms with E-state index in [1.165, 1.54) is 0 Å². The van der Waals surface area contributed by atoms with Gasteiger partial charge in [-0.3, -0.25) is 0 Å². The van der Waals surface area contributed by atoms with Crippen molar-refractivity contribution in [2.24, 2.45) is 5.73 Å². The molecule has 0 bridgehead atoms. The van der Waals surface area contributed by atoms with Gasteiger partial charge in [-0.15, -0.1) is 0 Å². The van der Waals surface area contributed by atoms with E-state index in [1.807, 2.05) is 25.1 Å². The highest BCUT2D eigenvalue weighted by molar-refractivity contribution is 6.30. The number of esters is 1. The molecule has 1 heterocycles. The number of carbonyl (C=O) groups is 1. The molecule has 0 radical (unpaired) electrons. The second kappa shape index (κ2) is 12.4. The van der Waals surface area contributed by atoms with Crippen LogP contribution in [-0.2, 0) is 0 Å². The van der Waals surface area contributed by atoms with Crippen molar-refractivity contribution in [1.29, 1.82) is 5.26 Å². The Bertz CT molecular complexity index is 1380. The van der Waals surface area contributed by atoms with Crippen LogP contribution in [0.25, 0.3) is 0 Å². The highest BCUT2D eigenvalue weighted by Gasteiger charge is 2.32. The molecule has 1 aliphatic rings. The second-order valence-electron chi connectivity index (χ2n) is 8.72. The first kappa shape index (κ1) is 26.9. The molecule has 0 aromatic heterocycles. The molecule has 3 aromatic rings. The summed E-state index contributed by atoms with van der Waals surface area (Å²) in [6.45, 7) is 5.11. The van der Waals surface area contributed by atoms with Gasteiger partial charge in [0.1, 0.15) is 23.1 Å². The molecular formula is C30H29ClN2O5. The predicted molar refractivity (Wildman–Crippen MR) is 145 cm³/mol. The second-order valence-corrected chi connectivity index (χ2v) is 9.15. The number of rotatable bonds is 10. The third kappa shape index (κ3) is 6.04. The van der Waals surface area contributed by atoms with Gasteiger partial charge in [0.15, 0.2) is 11.5 Å². The summed E-state index contributed by atoms with van der Waals surface area (Å²) < 4.78 is 23.2. The fraction of sp³-hybridized carbons (Fsp3) is 0.267. The monoisotopic (exact) mass is 532 g/mol. The Balaban J connectivity index is 1.64. The summed E-state index contributed by atoms with van der Waals surface area (Å²) in [6, 6.07) is 19.2. The molecule has 3 aromatic carbocycles. The van der Waals surface area contributed by atoms with E-state index in [9.17, 15) is 10.1 Å². The summed E-state index contributed by atoms with van der Waals surface area (Å²) in [5.74, 6) is 0.873. The number of halogens is 1. The standard InChI is InChI=1S/C30H29ClN2O5/c1-3-5-6-15-36-25-14-9-20(16-27(25)35-4-2)28-23-13-12-22(17-26(23)38-29(33)24(28)18-32)37-30(34)19-7-10-21(31)11-8-19/h7-14,16-17,28H,3-6,15,33H2,1-2H3. The first-order valence-electron chi connectivity index (χ1n) is 12.5. The maximum atomic E-state index is 12.6. The van der Waals surface area contributed by atoms with E-state index < -0.39 is 11.9 Å². The van der Waals surface area contributed by atoms with Crippen LogP contribution in [0.4, 0.5) is 0 Å². The first-order chi connectivity index (χ1) is 18.4. The van der Waals surface area contributed by atoms with Crippen molar-refractivity contribution >= 4 is 17.6 Å². The van der Waals surface area contributed by atoms with Gasteiger partial charge in [-0.2, -0.15) is 5.26 Å². The summed E-state index contributed by atoms with van der Waals surface area (Å²) >= 11 is 5.90. The van der Waals surface area contributed by atoms with Crippen molar-refractivity contribution in [3.63, 3.8) is 0 Å². The molecule has 2 N–H and O–H groups in total. The molecule has 0 fully saturated rings. The molecular weight excluding hydrogens is 504 g/mol. The molecule has 0 saturated heterocycles. The lowest BCUT2D eigenvalue weighted by Crippen LogP contribution is -2.21. The smallest absolute Gasteiger partial charge is 0.343 e. The molecule has 1 unspecified atom stereocenters. The topological polar surface area (TPSA) is 104 Å². The Kier molecular flexibility index (Phi) is 8.77. The van der Waals surface area contributed by atoms with Gasteiger partial charge in [0, 0.05) is 16.7 Å². The Morgan fingerprint density at radius 2 is 1.82 bits per heavy atom. The van der Waals surface area contributed by atoms with Crippen LogP contribution in [-0.4, -0.2) is 19.2 Å². The maximum Gasteiger partial charge on any atom is 0.343 e. The number of benzene rings is 3. The van der Waals surface area contributed by atoms with E-state index >= 15 is 0 Å². The molecule has 8 heteroatoms. The van der Waals surface area contributed by atoms with Gasteiger partial charge in [-0.05, 0) is 61.4 Å². The Morgan fingerprint density at radius 3 is 2.53 bits per heavy atom. The average Bonchev–Trinajstić information content (AvgIpc) is 2.91. The van der Waals surface area contributed by atoms with Gasteiger partial charge in [0.2, 0.25) is 5.88 Å². The van der Waals surface area contributed by atoms with Gasteiger partial charge < -0.3 is 24.7 Å². The lowest BCUT2D eigenvalue weighted by atomic mass is 9.83. The van der Waals surface area contributed by atoms with Crippen molar-refractivity contribution in [2.75, 3.05) is 13.2 Å². The summed E-state index contributed by atoms with van der Waals surface area (Å²) in [5.41, 5.74) is 8.31. The highest BCUT2D eigenvalue weighted by atomic mass is 35.5. The molecule has 0 aliphatic carbocycles. The van der Waals surface area contributed by atoms with Crippen molar-refractivity contribution in [3.05, 3.63) is 93.8 Å². The van der Waals surface area contributed by atoms with Crippen LogP contribution in [0.15, 0.2) is 72.1 Å². The van der Waals surface area contributed by atoms with Crippen LogP contribution in [0, 0.1) is 11.3 Å². The van der Waals surface area contributed by atoms with Crippen molar-refractivity contribution < 1.29 is 23.7 Å². The Hall–Kier alpha value is -4.15. The number of carbonyl (C=O) groups excluding carboxylic acids is 1. The molecule has 4 rings (SSSR count). The number of nitriles is 1. The van der Waals surface area contributed by atoms with Crippen LogP contribution >= 0.6 is 11.6 Å². The number of hydrogen-bond donors (Lipinski definition) is 1. The Morgan fingerprint density at radius 1 is 1.03 bits per heavy atom. The summed E-state index contributed by atoms with van der Waals surface area (Å²) in [5, 5.41) is 10.5. The molecule has 196 valence electrons. The molecule has 0 saturated carbocycles. The minimum Gasteiger partial charge on any atom is -0.490 e. The number of allylic oxidation sites excluding steroid dienone is 1. The fourth-order valence-corrected chi connectivity index (χ4v) is 4.35. The largest absolute Gasteiger partial charge is 0.490 e. The molecule has 7 nitrogen and oxygen atoms in total. The zero-order chi connectivity index (χ0) is 27.1. The molecule has 38 heavy (non-hydrogen) atoms. The summed E-state index contributed by atoms with van der Waals surface area (Å²) in [7, 11) is 0. The van der Waals surface area contributed by atoms with E-state index in [-0.39, 0.29) is 17.2 Å². The summed E-state index contributed by atoms with van der Waals surface area (Å²) in [4.78, 5) is 12.6. The number of ether oxygens (including phenoxy) is 4. The minimum absolute atomic E-state index is 0.0102. The maximum absolute atomic E-state index is 12.6. The molecule has 1 atom stereocenters. The van der Waals surface area contributed by atoms with Gasteiger partial charge in [0.25, 0.3) is 0 Å². The number of nitrogens with two attached hydrogens (primary N) is 1. The quantitative estimate of drug-likeness (QED) is 0.175. The van der Waals surface area contributed by atoms with Crippen LogP contribution in [0.3, 0.4) is 0 Å². The van der Waals surface area contributed by atoms with Crippen LogP contribution < -0.4 is 24.7 Å². The van der Waals surface area contributed by atoms with Gasteiger partial charge in [-0.25, -0.2) is 4.79 Å². The fourth-order valence-electron chi connectivity index (χ4n) is 4.22. The predicted octanol–water partition coefficient (Wildman–Crippen LogP) is 6.75. The van der Waals surface area contributed by atoms with Gasteiger partial charge >= 0.3 is 5.97 Å². The average molecular weight is 533 g/mol. The SMILES string of the molecule is CCCCCOc1ccc(C2C(C#N)=C(N)Oc3cc(OC(=O)c4ccc(Cl)cc4)ccc32)cc1OCC. The number of fused-ring (bicyclic) bond motifs is 1. The minimum atomic E-state index is -0.536. The van der Waals surface area contributed by atoms with Crippen LogP contribution in [0.2, 0.25) is 5.02 Å². The van der Waals surface area contributed by atoms with Crippen molar-refractivity contribution in [3.8, 4) is 29.1 Å². The number of hydrogen-bond acceptors (Lipinski definition) is 7. The zero-order valence-corrected chi connectivity index (χ0v) is 22.1. The normalized spacial score (nSPS) is 14.2. The zero-order valence-electron chi connectivity index (χ0n) is 21.3. The Labute approximate surface area is 227 Å². The number of nitrogens with zero attached hydrogens (tertiary/aromatic N) is 1. The van der Waals surface area contributed by atoms with E-state index in [2.05, 4.69) is 13.0 Å². The first-order valence-corrected chi connectivity index (χ1v) is 12.9. The third-order valence-electron chi connectivity index (χ3n) is 6.09. The van der Waals surface area contributed by atoms with E-state index in [1.54, 1.807) is 42.5 Å².